The van der Waals surface area contributed by atoms with E-state index in [1.165, 1.54) is 10.8 Å². The molecule has 4 heteroatoms. The predicted octanol–water partition coefficient (Wildman–Crippen LogP) is 6.75. The molecule has 1 aromatic heterocycles. The summed E-state index contributed by atoms with van der Waals surface area (Å²) in [7, 11) is 1.65. The Morgan fingerprint density at radius 3 is 2.59 bits per heavy atom. The Morgan fingerprint density at radius 2 is 1.88 bits per heavy atom. The molecule has 0 saturated carbocycles. The molecule has 1 heterocycles. The summed E-state index contributed by atoms with van der Waals surface area (Å²) in [6.45, 7) is 8.72. The number of nitrogens with one attached hydrogen (secondary N) is 1. The highest BCUT2D eigenvalue weighted by atomic mass is 16.5. The molecule has 0 unspecified atom stereocenters. The lowest BCUT2D eigenvalue weighted by Crippen LogP contribution is -2.25. The predicted molar refractivity (Wildman–Crippen MR) is 132 cm³/mol. The summed E-state index contributed by atoms with van der Waals surface area (Å²) in [6, 6.07) is 16.8. The van der Waals surface area contributed by atoms with E-state index in [9.17, 15) is 4.79 Å². The van der Waals surface area contributed by atoms with Crippen LogP contribution in [0.2, 0.25) is 0 Å². The Morgan fingerprint density at radius 1 is 1.12 bits per heavy atom. The molecule has 32 heavy (non-hydrogen) atoms. The third-order valence-corrected chi connectivity index (χ3v) is 5.77. The SMILES string of the molecule is COc1c(/C(C)=C/C(=O)NCC(C)C)cc2c(-c3ccc4ccccc4c3)coc2c1C. The van der Waals surface area contributed by atoms with Crippen LogP contribution in [0.15, 0.2) is 65.3 Å². The summed E-state index contributed by atoms with van der Waals surface area (Å²) < 4.78 is 11.7. The van der Waals surface area contributed by atoms with Crippen molar-refractivity contribution in [2.24, 2.45) is 5.92 Å². The van der Waals surface area contributed by atoms with Crippen LogP contribution in [0.25, 0.3) is 38.4 Å². The van der Waals surface area contributed by atoms with Crippen molar-refractivity contribution in [3.8, 4) is 16.9 Å². The van der Waals surface area contributed by atoms with E-state index in [1.54, 1.807) is 19.4 Å². The molecule has 4 aromatic rings. The second-order valence-electron chi connectivity index (χ2n) is 8.64. The van der Waals surface area contributed by atoms with Crippen LogP contribution in [-0.2, 0) is 4.79 Å². The number of allylic oxidation sites excluding steroid dienone is 1. The van der Waals surface area contributed by atoms with E-state index in [4.69, 9.17) is 9.15 Å². The smallest absolute Gasteiger partial charge is 0.244 e. The van der Waals surface area contributed by atoms with E-state index in [0.29, 0.717) is 12.5 Å². The number of hydrogen-bond donors (Lipinski definition) is 1. The van der Waals surface area contributed by atoms with Gasteiger partial charge >= 0.3 is 0 Å². The zero-order valence-corrected chi connectivity index (χ0v) is 19.3. The molecule has 0 aliphatic rings. The maximum atomic E-state index is 12.4. The van der Waals surface area contributed by atoms with Crippen LogP contribution in [0.4, 0.5) is 0 Å². The fraction of sp³-hybridized carbons (Fsp3) is 0.250. The zero-order valence-electron chi connectivity index (χ0n) is 19.3. The van der Waals surface area contributed by atoms with Crippen LogP contribution in [0.5, 0.6) is 5.75 Å². The van der Waals surface area contributed by atoms with E-state index in [-0.39, 0.29) is 5.91 Å². The minimum Gasteiger partial charge on any atom is -0.496 e. The number of hydrogen-bond acceptors (Lipinski definition) is 3. The quantitative estimate of drug-likeness (QED) is 0.346. The number of rotatable bonds is 6. The van der Waals surface area contributed by atoms with Crippen molar-refractivity contribution in [1.82, 2.24) is 5.32 Å². The van der Waals surface area contributed by atoms with E-state index in [2.05, 4.69) is 55.6 Å². The normalized spacial score (nSPS) is 12.0. The van der Waals surface area contributed by atoms with Gasteiger partial charge in [-0.15, -0.1) is 0 Å². The lowest BCUT2D eigenvalue weighted by atomic mass is 9.95. The summed E-state index contributed by atoms with van der Waals surface area (Å²) in [5.41, 5.74) is 5.57. The topological polar surface area (TPSA) is 51.5 Å². The first-order valence-electron chi connectivity index (χ1n) is 10.9. The molecule has 164 valence electrons. The maximum Gasteiger partial charge on any atom is 0.244 e. The number of aryl methyl sites for hydroxylation is 1. The van der Waals surface area contributed by atoms with Crippen LogP contribution in [0.3, 0.4) is 0 Å². The molecule has 1 amide bonds. The zero-order chi connectivity index (χ0) is 22.8. The number of furan rings is 1. The van der Waals surface area contributed by atoms with Gasteiger partial charge in [-0.1, -0.05) is 50.2 Å². The number of carbonyl (C=O) groups excluding carboxylic acids is 1. The molecule has 0 saturated heterocycles. The van der Waals surface area contributed by atoms with Crippen molar-refractivity contribution in [2.75, 3.05) is 13.7 Å². The minimum absolute atomic E-state index is 0.0991. The molecular formula is C28H29NO3. The summed E-state index contributed by atoms with van der Waals surface area (Å²) in [6.07, 6.45) is 3.45. The number of carbonyl (C=O) groups is 1. The monoisotopic (exact) mass is 427 g/mol. The second-order valence-corrected chi connectivity index (χ2v) is 8.64. The number of fused-ring (bicyclic) bond motifs is 2. The fourth-order valence-corrected chi connectivity index (χ4v) is 4.08. The number of methoxy groups -OCH3 is 1. The summed E-state index contributed by atoms with van der Waals surface area (Å²) in [5.74, 6) is 1.02. The molecule has 4 rings (SSSR count). The van der Waals surface area contributed by atoms with Gasteiger partial charge in [-0.05, 0) is 53.8 Å². The van der Waals surface area contributed by atoms with Crippen molar-refractivity contribution in [2.45, 2.75) is 27.7 Å². The van der Waals surface area contributed by atoms with Crippen molar-refractivity contribution in [3.05, 3.63) is 72.0 Å². The molecule has 1 N–H and O–H groups in total. The molecule has 0 atom stereocenters. The van der Waals surface area contributed by atoms with Crippen LogP contribution in [0.1, 0.15) is 31.9 Å². The minimum atomic E-state index is -0.0991. The average molecular weight is 428 g/mol. The molecule has 0 spiro atoms. The molecule has 0 fully saturated rings. The molecule has 0 aliphatic heterocycles. The molecule has 0 radical (unpaired) electrons. The Hall–Kier alpha value is -3.53. The highest BCUT2D eigenvalue weighted by Gasteiger charge is 2.19. The highest BCUT2D eigenvalue weighted by Crippen LogP contribution is 2.41. The van der Waals surface area contributed by atoms with Gasteiger partial charge in [0.1, 0.15) is 11.3 Å². The number of benzene rings is 3. The van der Waals surface area contributed by atoms with Crippen molar-refractivity contribution < 1.29 is 13.9 Å². The first-order valence-corrected chi connectivity index (χ1v) is 10.9. The van der Waals surface area contributed by atoms with Crippen LogP contribution >= 0.6 is 0 Å². The van der Waals surface area contributed by atoms with E-state index >= 15 is 0 Å². The van der Waals surface area contributed by atoms with Crippen LogP contribution in [0, 0.1) is 12.8 Å². The summed E-state index contributed by atoms with van der Waals surface area (Å²) in [4.78, 5) is 12.4. The largest absolute Gasteiger partial charge is 0.496 e. The van der Waals surface area contributed by atoms with Crippen LogP contribution < -0.4 is 10.1 Å². The third kappa shape index (κ3) is 4.13. The lowest BCUT2D eigenvalue weighted by molar-refractivity contribution is -0.116. The molecule has 0 aliphatic carbocycles. The van der Waals surface area contributed by atoms with Gasteiger partial charge in [0.2, 0.25) is 5.91 Å². The second kappa shape index (κ2) is 8.91. The average Bonchev–Trinajstić information content (AvgIpc) is 3.21. The van der Waals surface area contributed by atoms with Gasteiger partial charge in [-0.3, -0.25) is 4.79 Å². The van der Waals surface area contributed by atoms with E-state index < -0.39 is 0 Å². The van der Waals surface area contributed by atoms with E-state index in [0.717, 1.165) is 44.5 Å². The number of amides is 1. The maximum absolute atomic E-state index is 12.4. The fourth-order valence-electron chi connectivity index (χ4n) is 4.08. The van der Waals surface area contributed by atoms with Crippen molar-refractivity contribution >= 4 is 33.2 Å². The first kappa shape index (κ1) is 21.7. The van der Waals surface area contributed by atoms with Gasteiger partial charge in [0, 0.05) is 34.7 Å². The van der Waals surface area contributed by atoms with Gasteiger partial charge in [0.15, 0.2) is 0 Å². The Labute approximate surface area is 188 Å². The molecule has 0 bridgehead atoms. The van der Waals surface area contributed by atoms with Gasteiger partial charge in [-0.25, -0.2) is 0 Å². The van der Waals surface area contributed by atoms with Crippen molar-refractivity contribution in [1.29, 1.82) is 0 Å². The van der Waals surface area contributed by atoms with Crippen molar-refractivity contribution in [3.63, 3.8) is 0 Å². The lowest BCUT2D eigenvalue weighted by Gasteiger charge is -2.13. The Balaban J connectivity index is 1.82. The summed E-state index contributed by atoms with van der Waals surface area (Å²) >= 11 is 0. The van der Waals surface area contributed by atoms with Gasteiger partial charge in [0.05, 0.1) is 13.4 Å². The molecule has 3 aromatic carbocycles. The highest BCUT2D eigenvalue weighted by molar-refractivity contribution is 6.02. The van der Waals surface area contributed by atoms with Gasteiger partial charge in [0.25, 0.3) is 0 Å². The van der Waals surface area contributed by atoms with Gasteiger partial charge < -0.3 is 14.5 Å². The Bertz CT molecular complexity index is 1330. The standard InChI is InChI=1S/C28H29NO3/c1-17(2)15-29-26(30)12-18(3)23-14-24-25(16-32-28(24)19(4)27(23)31-5)22-11-10-20-8-6-7-9-21(20)13-22/h6-14,16-17H,15H2,1-5H3,(H,29,30)/b18-12+. The number of ether oxygens (including phenoxy) is 1. The molecular weight excluding hydrogens is 398 g/mol. The molecule has 4 nitrogen and oxygen atoms in total. The van der Waals surface area contributed by atoms with E-state index in [1.807, 2.05) is 26.0 Å². The Kier molecular flexibility index (Phi) is 6.04. The summed E-state index contributed by atoms with van der Waals surface area (Å²) in [5, 5.41) is 6.34. The first-order chi connectivity index (χ1) is 15.4. The third-order valence-electron chi connectivity index (χ3n) is 5.77. The van der Waals surface area contributed by atoms with Crippen LogP contribution in [-0.4, -0.2) is 19.6 Å². The van der Waals surface area contributed by atoms with Gasteiger partial charge in [-0.2, -0.15) is 0 Å².